The fourth-order valence-corrected chi connectivity index (χ4v) is 4.32. The highest BCUT2D eigenvalue weighted by molar-refractivity contribution is 7.89. The maximum atomic E-state index is 12.6. The van der Waals surface area contributed by atoms with Gasteiger partial charge < -0.3 is 5.32 Å². The largest absolute Gasteiger partial charge is 0.322 e. The van der Waals surface area contributed by atoms with Gasteiger partial charge in [-0.3, -0.25) is 4.79 Å². The van der Waals surface area contributed by atoms with Gasteiger partial charge in [0, 0.05) is 17.5 Å². The second-order valence-corrected chi connectivity index (χ2v) is 9.07. The third-order valence-electron chi connectivity index (χ3n) is 4.67. The van der Waals surface area contributed by atoms with Crippen molar-refractivity contribution in [1.82, 2.24) is 0 Å². The Morgan fingerprint density at radius 1 is 0.926 bits per heavy atom. The van der Waals surface area contributed by atoms with Crippen LogP contribution in [0.15, 0.2) is 66.7 Å². The number of hydrogen-bond acceptors (Lipinski definition) is 3. The van der Waals surface area contributed by atoms with E-state index in [1.54, 1.807) is 24.3 Å². The summed E-state index contributed by atoms with van der Waals surface area (Å²) in [6.07, 6.45) is 2.04. The van der Waals surface area contributed by atoms with Gasteiger partial charge in [-0.05, 0) is 58.5 Å². The summed E-state index contributed by atoms with van der Waals surface area (Å²) >= 11 is 0. The van der Waals surface area contributed by atoms with Gasteiger partial charge in [-0.25, -0.2) is 8.42 Å². The molecule has 3 aromatic rings. The quantitative estimate of drug-likeness (QED) is 0.583. The number of hydrogen-bond donors (Lipinski definition) is 1. The van der Waals surface area contributed by atoms with Crippen LogP contribution >= 0.6 is 0 Å². The number of anilines is 1. The molecule has 5 heteroatoms. The summed E-state index contributed by atoms with van der Waals surface area (Å²) in [7, 11) is -3.14. The van der Waals surface area contributed by atoms with E-state index in [2.05, 4.69) is 17.4 Å². The second-order valence-electron chi connectivity index (χ2n) is 6.93. The molecule has 1 amide bonds. The molecule has 0 atom stereocenters. The lowest BCUT2D eigenvalue weighted by Gasteiger charge is -2.09. The number of nitrogens with one attached hydrogen (secondary N) is 1. The van der Waals surface area contributed by atoms with E-state index in [-0.39, 0.29) is 11.7 Å². The monoisotopic (exact) mass is 377 g/mol. The van der Waals surface area contributed by atoms with Gasteiger partial charge in [-0.15, -0.1) is 0 Å². The molecule has 1 aliphatic carbocycles. The molecule has 27 heavy (non-hydrogen) atoms. The van der Waals surface area contributed by atoms with Gasteiger partial charge in [0.15, 0.2) is 9.84 Å². The summed E-state index contributed by atoms with van der Waals surface area (Å²) in [5.41, 5.74) is 6.73. The smallest absolute Gasteiger partial charge is 0.255 e. The standard InChI is InChI=1S/C22H19NO3S/c1-27(25,26)14-15-5-4-7-17(11-15)22(24)23-19-9-10-21-18(13-19)12-16-6-2-3-8-20(16)21/h2-11,13H,12,14H2,1H3,(H,23,24). The molecule has 0 aliphatic heterocycles. The molecule has 0 fully saturated rings. The minimum absolute atomic E-state index is 0.0782. The Hall–Kier alpha value is -2.92. The summed E-state index contributed by atoms with van der Waals surface area (Å²) in [4.78, 5) is 12.6. The first kappa shape index (κ1) is 17.5. The van der Waals surface area contributed by atoms with Crippen molar-refractivity contribution in [2.45, 2.75) is 12.2 Å². The first-order valence-corrected chi connectivity index (χ1v) is 10.7. The number of benzene rings is 3. The SMILES string of the molecule is CS(=O)(=O)Cc1cccc(C(=O)Nc2ccc3c(c2)Cc2ccccc2-3)c1. The summed E-state index contributed by atoms with van der Waals surface area (Å²) in [6.45, 7) is 0. The lowest BCUT2D eigenvalue weighted by Crippen LogP contribution is -2.12. The van der Waals surface area contributed by atoms with Gasteiger partial charge in [0.05, 0.1) is 5.75 Å². The third-order valence-corrected chi connectivity index (χ3v) is 5.53. The van der Waals surface area contributed by atoms with E-state index in [4.69, 9.17) is 0 Å². The number of rotatable bonds is 4. The molecule has 0 bridgehead atoms. The molecular weight excluding hydrogens is 358 g/mol. The molecular formula is C22H19NO3S. The molecule has 136 valence electrons. The predicted molar refractivity (Wildman–Crippen MR) is 108 cm³/mol. The van der Waals surface area contributed by atoms with E-state index >= 15 is 0 Å². The number of sulfone groups is 1. The van der Waals surface area contributed by atoms with Crippen molar-refractivity contribution in [1.29, 1.82) is 0 Å². The van der Waals surface area contributed by atoms with Crippen LogP contribution in [0.4, 0.5) is 5.69 Å². The summed E-state index contributed by atoms with van der Waals surface area (Å²) in [5, 5.41) is 2.92. The fraction of sp³-hybridized carbons (Fsp3) is 0.136. The van der Waals surface area contributed by atoms with Crippen molar-refractivity contribution in [3.05, 3.63) is 89.0 Å². The van der Waals surface area contributed by atoms with Crippen LogP contribution in [0.3, 0.4) is 0 Å². The highest BCUT2D eigenvalue weighted by atomic mass is 32.2. The predicted octanol–water partition coefficient (Wildman–Crippen LogP) is 4.05. The lowest BCUT2D eigenvalue weighted by atomic mass is 10.1. The Bertz CT molecular complexity index is 1150. The Kier molecular flexibility index (Phi) is 4.32. The molecule has 0 aromatic heterocycles. The zero-order valence-corrected chi connectivity index (χ0v) is 15.7. The average Bonchev–Trinajstić information content (AvgIpc) is 2.98. The first-order valence-electron chi connectivity index (χ1n) is 8.68. The number of fused-ring (bicyclic) bond motifs is 3. The van der Waals surface area contributed by atoms with Gasteiger partial charge in [0.25, 0.3) is 5.91 Å². The molecule has 0 heterocycles. The van der Waals surface area contributed by atoms with E-state index < -0.39 is 9.84 Å². The highest BCUT2D eigenvalue weighted by Crippen LogP contribution is 2.37. The minimum atomic E-state index is -3.14. The summed E-state index contributed by atoms with van der Waals surface area (Å²) in [6, 6.07) is 21.0. The number of carbonyl (C=O) groups excluding carboxylic acids is 1. The Morgan fingerprint density at radius 2 is 1.70 bits per heavy atom. The molecule has 4 rings (SSSR count). The number of carbonyl (C=O) groups is 1. The van der Waals surface area contributed by atoms with Crippen molar-refractivity contribution in [2.75, 3.05) is 11.6 Å². The van der Waals surface area contributed by atoms with E-state index in [0.29, 0.717) is 11.1 Å². The van der Waals surface area contributed by atoms with Gasteiger partial charge in [-0.1, -0.05) is 42.5 Å². The van der Waals surface area contributed by atoms with Gasteiger partial charge in [0.2, 0.25) is 0 Å². The molecule has 1 N–H and O–H groups in total. The normalized spacial score (nSPS) is 12.3. The van der Waals surface area contributed by atoms with Crippen molar-refractivity contribution in [3.63, 3.8) is 0 Å². The van der Waals surface area contributed by atoms with Crippen LogP contribution in [0.25, 0.3) is 11.1 Å². The highest BCUT2D eigenvalue weighted by Gasteiger charge is 2.18. The van der Waals surface area contributed by atoms with Crippen LogP contribution in [0.5, 0.6) is 0 Å². The van der Waals surface area contributed by atoms with E-state index in [0.717, 1.165) is 12.1 Å². The van der Waals surface area contributed by atoms with Crippen molar-refractivity contribution < 1.29 is 13.2 Å². The van der Waals surface area contributed by atoms with E-state index in [1.165, 1.54) is 28.5 Å². The molecule has 1 aliphatic rings. The summed E-state index contributed by atoms with van der Waals surface area (Å²) in [5.74, 6) is -0.327. The van der Waals surface area contributed by atoms with Crippen LogP contribution in [0, 0.1) is 0 Å². The molecule has 0 saturated carbocycles. The maximum absolute atomic E-state index is 12.6. The van der Waals surface area contributed by atoms with E-state index in [9.17, 15) is 13.2 Å². The fourth-order valence-electron chi connectivity index (χ4n) is 3.53. The zero-order valence-electron chi connectivity index (χ0n) is 14.9. The Morgan fingerprint density at radius 3 is 2.52 bits per heavy atom. The van der Waals surface area contributed by atoms with Crippen molar-refractivity contribution in [3.8, 4) is 11.1 Å². The molecule has 4 nitrogen and oxygen atoms in total. The first-order chi connectivity index (χ1) is 12.9. The Labute approximate surface area is 158 Å². The maximum Gasteiger partial charge on any atom is 0.255 e. The second kappa shape index (κ2) is 6.67. The third kappa shape index (κ3) is 3.78. The molecule has 0 spiro atoms. The van der Waals surface area contributed by atoms with Crippen LogP contribution in [0.1, 0.15) is 27.0 Å². The topological polar surface area (TPSA) is 63.2 Å². The van der Waals surface area contributed by atoms with Crippen LogP contribution in [-0.4, -0.2) is 20.6 Å². The zero-order chi connectivity index (χ0) is 19.0. The van der Waals surface area contributed by atoms with Crippen molar-refractivity contribution in [2.24, 2.45) is 0 Å². The van der Waals surface area contributed by atoms with Gasteiger partial charge >= 0.3 is 0 Å². The Balaban J connectivity index is 1.54. The molecule has 0 saturated heterocycles. The van der Waals surface area contributed by atoms with E-state index in [1.807, 2.05) is 30.3 Å². The van der Waals surface area contributed by atoms with Crippen LogP contribution in [-0.2, 0) is 22.0 Å². The summed E-state index contributed by atoms with van der Waals surface area (Å²) < 4.78 is 22.9. The van der Waals surface area contributed by atoms with Crippen LogP contribution < -0.4 is 5.32 Å². The van der Waals surface area contributed by atoms with Gasteiger partial charge in [0.1, 0.15) is 0 Å². The lowest BCUT2D eigenvalue weighted by molar-refractivity contribution is 0.102. The molecule has 0 unspecified atom stereocenters. The van der Waals surface area contributed by atoms with Crippen molar-refractivity contribution >= 4 is 21.4 Å². The average molecular weight is 377 g/mol. The molecule has 3 aromatic carbocycles. The molecule has 0 radical (unpaired) electrons. The number of amides is 1. The van der Waals surface area contributed by atoms with Crippen LogP contribution in [0.2, 0.25) is 0 Å². The minimum Gasteiger partial charge on any atom is -0.322 e. The van der Waals surface area contributed by atoms with Gasteiger partial charge in [-0.2, -0.15) is 0 Å².